The van der Waals surface area contributed by atoms with Crippen molar-refractivity contribution in [3.63, 3.8) is 0 Å². The van der Waals surface area contributed by atoms with Crippen LogP contribution in [0.3, 0.4) is 0 Å². The molecule has 2 aromatic rings. The van der Waals surface area contributed by atoms with Crippen LogP contribution in [0.1, 0.15) is 18.9 Å². The summed E-state index contributed by atoms with van der Waals surface area (Å²) < 4.78 is 1.77. The number of aromatic nitrogens is 4. The van der Waals surface area contributed by atoms with Crippen molar-refractivity contribution >= 4 is 0 Å². The first-order valence-electron chi connectivity index (χ1n) is 5.44. The first-order chi connectivity index (χ1) is 8.11. The third-order valence-corrected chi connectivity index (χ3v) is 2.49. The van der Waals surface area contributed by atoms with Gasteiger partial charge >= 0.3 is 0 Å². The van der Waals surface area contributed by atoms with E-state index >= 15 is 0 Å². The second kappa shape index (κ2) is 4.40. The van der Waals surface area contributed by atoms with Gasteiger partial charge in [-0.3, -0.25) is 9.48 Å². The molecule has 0 spiro atoms. The summed E-state index contributed by atoms with van der Waals surface area (Å²) in [5.74, 6) is 0.0902. The van der Waals surface area contributed by atoms with Crippen LogP contribution in [0.4, 0.5) is 0 Å². The van der Waals surface area contributed by atoms with E-state index in [0.29, 0.717) is 11.4 Å². The molecule has 0 bridgehead atoms. The van der Waals surface area contributed by atoms with Crippen molar-refractivity contribution in [2.45, 2.75) is 26.8 Å². The Bertz CT molecular complexity index is 585. The molecule has 6 nitrogen and oxygen atoms in total. The Balaban J connectivity index is 2.42. The molecule has 0 amide bonds. The van der Waals surface area contributed by atoms with Crippen LogP contribution in [-0.2, 0) is 6.54 Å². The van der Waals surface area contributed by atoms with E-state index in [4.69, 9.17) is 0 Å². The minimum Gasteiger partial charge on any atom is -0.493 e. The number of hydrogen-bond donors (Lipinski definition) is 2. The zero-order valence-electron chi connectivity index (χ0n) is 9.77. The second-order valence-corrected chi connectivity index (χ2v) is 3.86. The maximum absolute atomic E-state index is 11.5. The fourth-order valence-corrected chi connectivity index (χ4v) is 1.49. The van der Waals surface area contributed by atoms with Crippen molar-refractivity contribution in [3.8, 4) is 17.3 Å². The lowest BCUT2D eigenvalue weighted by molar-refractivity contribution is 0.447. The second-order valence-electron chi connectivity index (χ2n) is 3.86. The lowest BCUT2D eigenvalue weighted by Crippen LogP contribution is -2.11. The lowest BCUT2D eigenvalue weighted by Gasteiger charge is -2.00. The van der Waals surface area contributed by atoms with Gasteiger partial charge < -0.3 is 10.1 Å². The molecule has 0 aliphatic rings. The van der Waals surface area contributed by atoms with Gasteiger partial charge in [0.15, 0.2) is 0 Å². The Labute approximate surface area is 98.0 Å². The highest BCUT2D eigenvalue weighted by Crippen LogP contribution is 2.16. The van der Waals surface area contributed by atoms with Crippen LogP contribution in [0.2, 0.25) is 0 Å². The highest BCUT2D eigenvalue weighted by molar-refractivity contribution is 5.52. The van der Waals surface area contributed by atoms with Crippen molar-refractivity contribution in [2.75, 3.05) is 0 Å². The SMILES string of the molecule is CCCn1cc(-c2nc(O)c(C)c(=O)[nH]2)cn1. The molecule has 90 valence electrons. The first-order valence-corrected chi connectivity index (χ1v) is 5.44. The fourth-order valence-electron chi connectivity index (χ4n) is 1.49. The van der Waals surface area contributed by atoms with Gasteiger partial charge in [0, 0.05) is 12.7 Å². The Morgan fingerprint density at radius 2 is 2.29 bits per heavy atom. The number of aromatic hydroxyl groups is 1. The minimum atomic E-state index is -0.337. The summed E-state index contributed by atoms with van der Waals surface area (Å²) in [6, 6.07) is 0. The fraction of sp³-hybridized carbons (Fsp3) is 0.364. The highest BCUT2D eigenvalue weighted by atomic mass is 16.3. The summed E-state index contributed by atoms with van der Waals surface area (Å²) in [6.45, 7) is 4.38. The molecule has 2 rings (SSSR count). The molecule has 2 N–H and O–H groups in total. The van der Waals surface area contributed by atoms with Crippen LogP contribution < -0.4 is 5.56 Å². The van der Waals surface area contributed by atoms with E-state index < -0.39 is 0 Å². The number of rotatable bonds is 3. The Morgan fingerprint density at radius 1 is 1.53 bits per heavy atom. The van der Waals surface area contributed by atoms with Gasteiger partial charge in [-0.2, -0.15) is 10.1 Å². The molecule has 2 aromatic heterocycles. The van der Waals surface area contributed by atoms with Gasteiger partial charge in [-0.25, -0.2) is 0 Å². The third kappa shape index (κ3) is 2.20. The van der Waals surface area contributed by atoms with E-state index in [1.165, 1.54) is 6.92 Å². The van der Waals surface area contributed by atoms with Gasteiger partial charge in [0.05, 0.1) is 17.3 Å². The van der Waals surface area contributed by atoms with Crippen LogP contribution in [0.25, 0.3) is 11.4 Å². The molecule has 0 aliphatic carbocycles. The van der Waals surface area contributed by atoms with E-state index in [9.17, 15) is 9.90 Å². The standard InChI is InChI=1S/C11H14N4O2/c1-3-4-15-6-8(5-12-15)9-13-10(16)7(2)11(17)14-9/h5-6H,3-4H2,1-2H3,(H2,13,14,16,17). The molecule has 2 heterocycles. The molecule has 0 atom stereocenters. The van der Waals surface area contributed by atoms with Crippen LogP contribution in [0.15, 0.2) is 17.2 Å². The molecule has 0 radical (unpaired) electrons. The average molecular weight is 234 g/mol. The minimum absolute atomic E-state index is 0.217. The van der Waals surface area contributed by atoms with Crippen LogP contribution in [0, 0.1) is 6.92 Å². The Kier molecular flexibility index (Phi) is 2.95. The van der Waals surface area contributed by atoms with Crippen LogP contribution in [-0.4, -0.2) is 24.9 Å². The van der Waals surface area contributed by atoms with E-state index in [1.807, 2.05) is 0 Å². The molecule has 17 heavy (non-hydrogen) atoms. The molecular weight excluding hydrogens is 220 g/mol. The Hall–Kier alpha value is -2.11. The number of nitrogens with zero attached hydrogens (tertiary/aromatic N) is 3. The van der Waals surface area contributed by atoms with E-state index in [-0.39, 0.29) is 17.0 Å². The predicted molar refractivity (Wildman–Crippen MR) is 62.8 cm³/mol. The summed E-state index contributed by atoms with van der Waals surface area (Å²) >= 11 is 0. The largest absolute Gasteiger partial charge is 0.493 e. The predicted octanol–water partition coefficient (Wildman–Crippen LogP) is 1.06. The highest BCUT2D eigenvalue weighted by Gasteiger charge is 2.09. The first kappa shape index (κ1) is 11.4. The smallest absolute Gasteiger partial charge is 0.257 e. The summed E-state index contributed by atoms with van der Waals surface area (Å²) in [6.07, 6.45) is 4.38. The van der Waals surface area contributed by atoms with Gasteiger partial charge in [-0.1, -0.05) is 6.92 Å². The Morgan fingerprint density at radius 3 is 2.94 bits per heavy atom. The van der Waals surface area contributed by atoms with Gasteiger partial charge in [0.1, 0.15) is 5.82 Å². The third-order valence-electron chi connectivity index (χ3n) is 2.49. The summed E-state index contributed by atoms with van der Waals surface area (Å²) in [7, 11) is 0. The summed E-state index contributed by atoms with van der Waals surface area (Å²) in [5, 5.41) is 13.6. The van der Waals surface area contributed by atoms with Gasteiger partial charge in [0.25, 0.3) is 5.56 Å². The molecule has 0 fully saturated rings. The van der Waals surface area contributed by atoms with E-state index in [2.05, 4.69) is 22.0 Å². The molecule has 6 heteroatoms. The van der Waals surface area contributed by atoms with Crippen molar-refractivity contribution < 1.29 is 5.11 Å². The van der Waals surface area contributed by atoms with Gasteiger partial charge in [-0.15, -0.1) is 0 Å². The number of hydrogen-bond acceptors (Lipinski definition) is 4. The van der Waals surface area contributed by atoms with Crippen molar-refractivity contribution in [1.82, 2.24) is 19.7 Å². The van der Waals surface area contributed by atoms with Crippen molar-refractivity contribution in [1.29, 1.82) is 0 Å². The van der Waals surface area contributed by atoms with Crippen molar-refractivity contribution in [2.24, 2.45) is 0 Å². The maximum Gasteiger partial charge on any atom is 0.257 e. The number of aryl methyl sites for hydroxylation is 1. The summed E-state index contributed by atoms with van der Waals surface area (Å²) in [4.78, 5) is 18.0. The number of nitrogens with one attached hydrogen (secondary N) is 1. The van der Waals surface area contributed by atoms with Gasteiger partial charge in [0.2, 0.25) is 5.88 Å². The molecule has 0 saturated carbocycles. The molecule has 0 unspecified atom stereocenters. The lowest BCUT2D eigenvalue weighted by atomic mass is 10.3. The molecule has 0 aliphatic heterocycles. The van der Waals surface area contributed by atoms with E-state index in [1.54, 1.807) is 17.1 Å². The van der Waals surface area contributed by atoms with Crippen LogP contribution in [0.5, 0.6) is 5.88 Å². The molecule has 0 aromatic carbocycles. The van der Waals surface area contributed by atoms with Gasteiger partial charge in [-0.05, 0) is 13.3 Å². The van der Waals surface area contributed by atoms with Crippen LogP contribution >= 0.6 is 0 Å². The summed E-state index contributed by atoms with van der Waals surface area (Å²) in [5.41, 5.74) is 0.566. The monoisotopic (exact) mass is 234 g/mol. The zero-order valence-corrected chi connectivity index (χ0v) is 9.77. The molecule has 0 saturated heterocycles. The normalized spacial score (nSPS) is 10.7. The number of aromatic amines is 1. The van der Waals surface area contributed by atoms with Crippen molar-refractivity contribution in [3.05, 3.63) is 28.3 Å². The molecular formula is C11H14N4O2. The zero-order chi connectivity index (χ0) is 12.4. The maximum atomic E-state index is 11.5. The average Bonchev–Trinajstić information content (AvgIpc) is 2.74. The quantitative estimate of drug-likeness (QED) is 0.831. The number of H-pyrrole nitrogens is 1. The topological polar surface area (TPSA) is 83.8 Å². The van der Waals surface area contributed by atoms with E-state index in [0.717, 1.165) is 13.0 Å².